The summed E-state index contributed by atoms with van der Waals surface area (Å²) in [6.45, 7) is 4.56. The van der Waals surface area contributed by atoms with E-state index in [1.54, 1.807) is 6.92 Å². The molecule has 2 fully saturated rings. The molecular formula is C19H37NO4. The van der Waals surface area contributed by atoms with Gasteiger partial charge >= 0.3 is 0 Å². The number of nitrogens with two attached hydrogens (primary N) is 1. The van der Waals surface area contributed by atoms with Gasteiger partial charge in [0.25, 0.3) is 0 Å². The summed E-state index contributed by atoms with van der Waals surface area (Å²) in [5.41, 5.74) is 5.02. The molecule has 5 nitrogen and oxygen atoms in total. The zero-order valence-electron chi connectivity index (χ0n) is 15.6. The quantitative estimate of drug-likeness (QED) is 0.694. The fourth-order valence-corrected chi connectivity index (χ4v) is 2.75. The number of hydrogen-bond donors (Lipinski definition) is 2. The molecule has 0 aromatic carbocycles. The number of hydrogen-bond acceptors (Lipinski definition) is 4. The first kappa shape index (κ1) is 23.1. The van der Waals surface area contributed by atoms with Crippen molar-refractivity contribution in [1.29, 1.82) is 0 Å². The normalized spacial score (nSPS) is 17.6. The molecule has 5 heteroatoms. The largest absolute Gasteiger partial charge is 0.397 e. The van der Waals surface area contributed by atoms with Crippen molar-refractivity contribution >= 4 is 11.7 Å². The zero-order chi connectivity index (χ0) is 18.2. The van der Waals surface area contributed by atoms with Crippen LogP contribution in [0.2, 0.25) is 0 Å². The number of primary amides is 1. The van der Waals surface area contributed by atoms with Crippen molar-refractivity contribution < 1.29 is 19.4 Å². The van der Waals surface area contributed by atoms with E-state index in [0.29, 0.717) is 30.8 Å². The second-order valence-electron chi connectivity index (χ2n) is 6.46. The van der Waals surface area contributed by atoms with E-state index in [4.69, 9.17) is 15.6 Å². The van der Waals surface area contributed by atoms with Gasteiger partial charge in [0.15, 0.2) is 0 Å². The molecule has 0 aliphatic heterocycles. The number of carbonyl (C=O) groups excluding carboxylic acids is 2. The van der Waals surface area contributed by atoms with Crippen molar-refractivity contribution in [1.82, 2.24) is 0 Å². The molecule has 0 atom stereocenters. The van der Waals surface area contributed by atoms with Gasteiger partial charge in [0.05, 0.1) is 6.10 Å². The van der Waals surface area contributed by atoms with Crippen LogP contribution in [0.15, 0.2) is 0 Å². The Labute approximate surface area is 147 Å². The van der Waals surface area contributed by atoms with Gasteiger partial charge in [0, 0.05) is 32.0 Å². The highest BCUT2D eigenvalue weighted by atomic mass is 16.5. The van der Waals surface area contributed by atoms with Crippen LogP contribution < -0.4 is 5.73 Å². The van der Waals surface area contributed by atoms with Gasteiger partial charge in [0.1, 0.15) is 5.78 Å². The molecule has 3 N–H and O–H groups in total. The summed E-state index contributed by atoms with van der Waals surface area (Å²) in [6, 6.07) is 0. The summed E-state index contributed by atoms with van der Waals surface area (Å²) in [4.78, 5) is 21.2. The Kier molecular flexibility index (Phi) is 15.0. The summed E-state index contributed by atoms with van der Waals surface area (Å²) >= 11 is 0. The molecule has 0 saturated heterocycles. The molecule has 142 valence electrons. The van der Waals surface area contributed by atoms with Crippen LogP contribution in [0.5, 0.6) is 0 Å². The topological polar surface area (TPSA) is 89.6 Å². The maximum absolute atomic E-state index is 10.8. The van der Waals surface area contributed by atoms with E-state index in [9.17, 15) is 9.59 Å². The molecule has 0 bridgehead atoms. The fraction of sp³-hybridized carbons (Fsp3) is 0.895. The first-order chi connectivity index (χ1) is 11.5. The van der Waals surface area contributed by atoms with Crippen molar-refractivity contribution in [3.8, 4) is 0 Å². The van der Waals surface area contributed by atoms with Crippen LogP contribution in [0.3, 0.4) is 0 Å². The SMILES string of the molecule is CCC(=O)C1CCC1.CCO.NC(=O)CCCOC1CCCCC1. The molecule has 2 saturated carbocycles. The maximum atomic E-state index is 10.8. The number of Topliss-reactive ketones (excluding diaryl/α,β-unsaturated/α-hetero) is 1. The van der Waals surface area contributed by atoms with E-state index in [-0.39, 0.29) is 12.5 Å². The highest BCUT2D eigenvalue weighted by Gasteiger charge is 2.22. The summed E-state index contributed by atoms with van der Waals surface area (Å²) in [5.74, 6) is 0.698. The first-order valence-corrected chi connectivity index (χ1v) is 9.58. The maximum Gasteiger partial charge on any atom is 0.217 e. The van der Waals surface area contributed by atoms with Crippen LogP contribution in [-0.4, -0.2) is 36.1 Å². The first-order valence-electron chi connectivity index (χ1n) is 9.58. The van der Waals surface area contributed by atoms with E-state index < -0.39 is 0 Å². The predicted molar refractivity (Wildman–Crippen MR) is 96.7 cm³/mol. The highest BCUT2D eigenvalue weighted by molar-refractivity contribution is 5.81. The summed E-state index contributed by atoms with van der Waals surface area (Å²) in [5, 5.41) is 7.57. The molecule has 1 amide bonds. The van der Waals surface area contributed by atoms with E-state index in [0.717, 1.165) is 25.7 Å². The molecular weight excluding hydrogens is 306 g/mol. The molecule has 0 radical (unpaired) electrons. The highest BCUT2D eigenvalue weighted by Crippen LogP contribution is 2.27. The fourth-order valence-electron chi connectivity index (χ4n) is 2.75. The lowest BCUT2D eigenvalue weighted by Crippen LogP contribution is -2.20. The number of aliphatic hydroxyl groups is 1. The molecule has 0 aromatic rings. The lowest BCUT2D eigenvalue weighted by atomic mass is 9.81. The minimum absolute atomic E-state index is 0.229. The van der Waals surface area contributed by atoms with Gasteiger partial charge in [-0.1, -0.05) is 32.6 Å². The van der Waals surface area contributed by atoms with Crippen molar-refractivity contribution in [3.63, 3.8) is 0 Å². The van der Waals surface area contributed by atoms with E-state index >= 15 is 0 Å². The van der Waals surface area contributed by atoms with Gasteiger partial charge in [0.2, 0.25) is 5.91 Å². The van der Waals surface area contributed by atoms with Crippen LogP contribution in [0.4, 0.5) is 0 Å². The minimum Gasteiger partial charge on any atom is -0.397 e. The second kappa shape index (κ2) is 15.6. The molecule has 0 aromatic heterocycles. The summed E-state index contributed by atoms with van der Waals surface area (Å²) < 4.78 is 5.63. The molecule has 2 rings (SSSR count). The third kappa shape index (κ3) is 12.5. The Morgan fingerprint density at radius 2 is 1.62 bits per heavy atom. The van der Waals surface area contributed by atoms with Crippen molar-refractivity contribution in [2.45, 2.75) is 90.6 Å². The van der Waals surface area contributed by atoms with Gasteiger partial charge in [-0.2, -0.15) is 0 Å². The van der Waals surface area contributed by atoms with Crippen molar-refractivity contribution in [2.75, 3.05) is 13.2 Å². The summed E-state index contributed by atoms with van der Waals surface area (Å²) in [6.07, 6.45) is 12.3. The number of rotatable bonds is 7. The molecule has 0 heterocycles. The Morgan fingerprint density at radius 1 is 1.04 bits per heavy atom. The van der Waals surface area contributed by atoms with Crippen LogP contribution in [0.25, 0.3) is 0 Å². The van der Waals surface area contributed by atoms with Crippen molar-refractivity contribution in [2.24, 2.45) is 11.7 Å². The average Bonchev–Trinajstić information content (AvgIpc) is 2.52. The van der Waals surface area contributed by atoms with Gasteiger partial charge < -0.3 is 15.6 Å². The lowest BCUT2D eigenvalue weighted by molar-refractivity contribution is -0.124. The average molecular weight is 344 g/mol. The Balaban J connectivity index is 0.000000409. The van der Waals surface area contributed by atoms with E-state index in [1.165, 1.54) is 38.5 Å². The minimum atomic E-state index is -0.229. The number of ketones is 1. The monoisotopic (exact) mass is 343 g/mol. The van der Waals surface area contributed by atoms with Crippen molar-refractivity contribution in [3.05, 3.63) is 0 Å². The van der Waals surface area contributed by atoms with E-state index in [2.05, 4.69) is 0 Å². The van der Waals surface area contributed by atoms with Gasteiger partial charge in [-0.15, -0.1) is 0 Å². The third-order valence-electron chi connectivity index (χ3n) is 4.38. The van der Waals surface area contributed by atoms with Crippen LogP contribution in [0.1, 0.15) is 84.5 Å². The number of carbonyl (C=O) groups is 2. The lowest BCUT2D eigenvalue weighted by Gasteiger charge is -2.22. The Bertz CT molecular complexity index is 323. The van der Waals surface area contributed by atoms with Gasteiger partial charge in [-0.3, -0.25) is 9.59 Å². The molecule has 0 unspecified atom stereocenters. The zero-order valence-corrected chi connectivity index (χ0v) is 15.6. The Hall–Kier alpha value is -0.940. The van der Waals surface area contributed by atoms with Crippen LogP contribution >= 0.6 is 0 Å². The molecule has 24 heavy (non-hydrogen) atoms. The summed E-state index contributed by atoms with van der Waals surface area (Å²) in [7, 11) is 0. The van der Waals surface area contributed by atoms with Gasteiger partial charge in [-0.25, -0.2) is 0 Å². The standard InChI is InChI=1S/C10H19NO2.C7H12O.C2H6O/c11-10(12)7-4-8-13-9-5-2-1-3-6-9;1-2-7(8)6-4-3-5-6;1-2-3/h9H,1-8H2,(H2,11,12);6H,2-5H2,1H3;3H,2H2,1H3. The number of aliphatic hydroxyl groups excluding tert-OH is 1. The molecule has 0 spiro atoms. The van der Waals surface area contributed by atoms with Crippen LogP contribution in [-0.2, 0) is 14.3 Å². The smallest absolute Gasteiger partial charge is 0.217 e. The number of ether oxygens (including phenoxy) is 1. The molecule has 2 aliphatic rings. The van der Waals surface area contributed by atoms with Crippen LogP contribution in [0, 0.1) is 5.92 Å². The number of amides is 1. The second-order valence-corrected chi connectivity index (χ2v) is 6.46. The molecule has 2 aliphatic carbocycles. The van der Waals surface area contributed by atoms with Gasteiger partial charge in [-0.05, 0) is 39.0 Å². The predicted octanol–water partition coefficient (Wildman–Crippen LogP) is 3.37. The van der Waals surface area contributed by atoms with E-state index in [1.807, 2.05) is 6.92 Å². The third-order valence-corrected chi connectivity index (χ3v) is 4.38. The Morgan fingerprint density at radius 3 is 2.00 bits per heavy atom.